The predicted molar refractivity (Wildman–Crippen MR) is 176 cm³/mol. The zero-order valence-electron chi connectivity index (χ0n) is 25.7. The highest BCUT2D eigenvalue weighted by Gasteiger charge is 2.34. The fourth-order valence-electron chi connectivity index (χ4n) is 6.81. The molecule has 12 nitrogen and oxygen atoms in total. The molecule has 13 heteroatoms. The van der Waals surface area contributed by atoms with Crippen LogP contribution in [0.15, 0.2) is 32.8 Å². The lowest BCUT2D eigenvalue weighted by molar-refractivity contribution is 0.373. The van der Waals surface area contributed by atoms with Crippen LogP contribution in [0.1, 0.15) is 30.9 Å². The number of nitrogens with zero attached hydrogens (tertiary/aromatic N) is 1. The molecule has 0 amide bonds. The molecule has 0 fully saturated rings. The molecule has 5 aromatic carbocycles. The third-order valence-corrected chi connectivity index (χ3v) is 9.45. The maximum Gasteiger partial charge on any atom is 0.264 e. The second kappa shape index (κ2) is 11.2. The van der Waals surface area contributed by atoms with Gasteiger partial charge in [0, 0.05) is 68.0 Å². The largest absolute Gasteiger partial charge is 0.504 e. The number of rotatable bonds is 10. The van der Waals surface area contributed by atoms with Gasteiger partial charge in [0.1, 0.15) is 11.5 Å². The first-order valence-electron chi connectivity index (χ1n) is 14.4. The van der Waals surface area contributed by atoms with Gasteiger partial charge in [0.2, 0.25) is 0 Å². The molecule has 0 spiro atoms. The number of fused-ring (bicyclic) bond motifs is 1. The highest BCUT2D eigenvalue weighted by Crippen LogP contribution is 2.57. The first-order valence-corrected chi connectivity index (χ1v) is 16.0. The van der Waals surface area contributed by atoms with E-state index in [0.717, 1.165) is 0 Å². The van der Waals surface area contributed by atoms with Gasteiger partial charge in [0.25, 0.3) is 10.1 Å². The molecule has 240 valence electrons. The van der Waals surface area contributed by atoms with Crippen LogP contribution in [0.5, 0.6) is 34.5 Å². The Morgan fingerprint density at radius 2 is 1.30 bits per heavy atom. The molecule has 0 aliphatic heterocycles. The summed E-state index contributed by atoms with van der Waals surface area (Å²) in [4.78, 5) is 32.0. The van der Waals surface area contributed by atoms with Gasteiger partial charge in [-0.1, -0.05) is 6.08 Å². The number of unbranched alkanes of at least 4 members (excludes halogenated alkanes) is 1. The summed E-state index contributed by atoms with van der Waals surface area (Å²) in [5, 5.41) is 25.7. The van der Waals surface area contributed by atoms with Gasteiger partial charge in [-0.25, -0.2) is 0 Å². The first kappa shape index (κ1) is 31.1. The number of phenols is 2. The summed E-state index contributed by atoms with van der Waals surface area (Å²) in [7, 11) is 1.47. The van der Waals surface area contributed by atoms with Crippen molar-refractivity contribution in [1.29, 1.82) is 0 Å². The van der Waals surface area contributed by atoms with Crippen LogP contribution < -0.4 is 29.8 Å². The summed E-state index contributed by atoms with van der Waals surface area (Å²) in [5.41, 5.74) is 0.933. The summed E-state index contributed by atoms with van der Waals surface area (Å²) in [6, 6.07) is 2.51. The van der Waals surface area contributed by atoms with Crippen molar-refractivity contribution in [3.63, 3.8) is 0 Å². The van der Waals surface area contributed by atoms with E-state index in [0.29, 0.717) is 61.1 Å². The van der Waals surface area contributed by atoms with Gasteiger partial charge >= 0.3 is 0 Å². The molecule has 0 unspecified atom stereocenters. The molecule has 0 saturated carbocycles. The third-order valence-electron chi connectivity index (χ3n) is 8.64. The summed E-state index contributed by atoms with van der Waals surface area (Å²) in [5.74, 6) is -0.697. The van der Waals surface area contributed by atoms with Crippen LogP contribution in [0, 0.1) is 0 Å². The molecule has 1 aliphatic carbocycles. The molecule has 0 atom stereocenters. The number of ether oxygens (including phenoxy) is 4. The lowest BCUT2D eigenvalue weighted by Gasteiger charge is -2.24. The van der Waals surface area contributed by atoms with Gasteiger partial charge in [-0.05, 0) is 31.6 Å². The average molecular weight is 650 g/mol. The van der Waals surface area contributed by atoms with Crippen LogP contribution in [0.2, 0.25) is 0 Å². The van der Waals surface area contributed by atoms with Gasteiger partial charge in [0.15, 0.2) is 33.9 Å². The quantitative estimate of drug-likeness (QED) is 0.0642. The molecule has 3 N–H and O–H groups in total. The normalized spacial score (nSPS) is 13.6. The molecule has 0 saturated heterocycles. The molecule has 6 rings (SSSR count). The minimum absolute atomic E-state index is 0.00428. The van der Waals surface area contributed by atoms with E-state index in [2.05, 4.69) is 4.99 Å². The second-order valence-electron chi connectivity index (χ2n) is 11.1. The van der Waals surface area contributed by atoms with Crippen molar-refractivity contribution < 1.29 is 42.1 Å². The Balaban J connectivity index is 1.86. The Morgan fingerprint density at radius 3 is 1.83 bits per heavy atom. The van der Waals surface area contributed by atoms with Gasteiger partial charge in [0.05, 0.1) is 45.0 Å². The summed E-state index contributed by atoms with van der Waals surface area (Å²) >= 11 is 0. The minimum atomic E-state index is -4.10. The second-order valence-corrected chi connectivity index (χ2v) is 12.6. The predicted octanol–water partition coefficient (Wildman–Crippen LogP) is 4.41. The number of allylic oxidation sites excluding steroid dienone is 2. The van der Waals surface area contributed by atoms with Crippen LogP contribution in [0.4, 0.5) is 0 Å². The standard InChI is InChI=1S/C33H31NO11S/c1-14(34-10-6-7-11-46(39,40)41)15-8-9-16-21-27-22(15)33(45-5)31(38)24-18(36)13-20(43-3)26(29(24)27)25-19(42-2)12-17(35)23(28(21)25)30(37)32(16)44-4/h8,12-13,37-38H,6-7,9-11H2,1-5H3,(H,39,40,41). The van der Waals surface area contributed by atoms with E-state index in [9.17, 15) is 28.2 Å². The van der Waals surface area contributed by atoms with Crippen molar-refractivity contribution in [2.75, 3.05) is 40.7 Å². The summed E-state index contributed by atoms with van der Waals surface area (Å²) in [6.07, 6.45) is 2.59. The zero-order chi connectivity index (χ0) is 33.2. The van der Waals surface area contributed by atoms with Crippen LogP contribution in [-0.4, -0.2) is 69.6 Å². The van der Waals surface area contributed by atoms with E-state index >= 15 is 0 Å². The maximum atomic E-state index is 13.7. The Kier molecular flexibility index (Phi) is 7.56. The smallest absolute Gasteiger partial charge is 0.264 e. The van der Waals surface area contributed by atoms with Crippen molar-refractivity contribution in [1.82, 2.24) is 0 Å². The summed E-state index contributed by atoms with van der Waals surface area (Å²) in [6.45, 7) is 1.99. The SMILES string of the molecule is COc1c(O)c2c(=O)cc(OC)c3c4c(OC)cc(=O)c5c(O)c(OC)c6c(c(c1CC=C6C(C)=NCCCCS(=O)(=O)O)c23)c54. The monoisotopic (exact) mass is 649 g/mol. The van der Waals surface area contributed by atoms with Gasteiger partial charge < -0.3 is 29.2 Å². The number of hydrogen-bond acceptors (Lipinski definition) is 11. The van der Waals surface area contributed by atoms with Crippen molar-refractivity contribution in [3.05, 3.63) is 49.8 Å². The van der Waals surface area contributed by atoms with E-state index in [1.807, 2.05) is 6.08 Å². The maximum absolute atomic E-state index is 13.7. The van der Waals surface area contributed by atoms with Crippen LogP contribution in [0.25, 0.3) is 48.7 Å². The van der Waals surface area contributed by atoms with E-state index in [4.69, 9.17) is 23.5 Å². The lowest BCUT2D eigenvalue weighted by Crippen LogP contribution is -2.10. The van der Waals surface area contributed by atoms with Crippen molar-refractivity contribution >= 4 is 64.5 Å². The van der Waals surface area contributed by atoms with Gasteiger partial charge in [-0.3, -0.25) is 19.1 Å². The number of aromatic hydroxyl groups is 2. The number of phenolic OH excluding ortho intramolecular Hbond substituents is 2. The fraction of sp³-hybridized carbons (Fsp3) is 0.303. The fourth-order valence-corrected chi connectivity index (χ4v) is 7.38. The van der Waals surface area contributed by atoms with Gasteiger partial charge in [-0.2, -0.15) is 8.42 Å². The molecular formula is C33H31NO11S. The van der Waals surface area contributed by atoms with Crippen LogP contribution in [-0.2, 0) is 16.5 Å². The Hall–Kier alpha value is -4.88. The zero-order valence-corrected chi connectivity index (χ0v) is 26.5. The van der Waals surface area contributed by atoms with Crippen molar-refractivity contribution in [3.8, 4) is 34.5 Å². The molecule has 46 heavy (non-hydrogen) atoms. The Morgan fingerprint density at radius 1 is 0.761 bits per heavy atom. The highest BCUT2D eigenvalue weighted by molar-refractivity contribution is 7.85. The number of methoxy groups -OCH3 is 4. The highest BCUT2D eigenvalue weighted by atomic mass is 32.2. The summed E-state index contributed by atoms with van der Waals surface area (Å²) < 4.78 is 54.3. The average Bonchev–Trinajstić information content (AvgIpc) is 3.18. The van der Waals surface area contributed by atoms with E-state index < -0.39 is 26.7 Å². The molecule has 0 heterocycles. The first-order chi connectivity index (χ1) is 21.9. The number of hydrogen-bond donors (Lipinski definition) is 3. The van der Waals surface area contributed by atoms with Crippen molar-refractivity contribution in [2.24, 2.45) is 4.99 Å². The Bertz CT molecular complexity index is 2380. The topological polar surface area (TPSA) is 178 Å². The van der Waals surface area contributed by atoms with E-state index in [1.165, 1.54) is 40.6 Å². The van der Waals surface area contributed by atoms with E-state index in [-0.39, 0.29) is 64.7 Å². The molecular weight excluding hydrogens is 618 g/mol. The molecule has 0 aromatic heterocycles. The minimum Gasteiger partial charge on any atom is -0.504 e. The molecule has 0 radical (unpaired) electrons. The number of aliphatic imine (C=N–C) groups is 1. The van der Waals surface area contributed by atoms with Crippen LogP contribution in [0.3, 0.4) is 0 Å². The molecule has 0 bridgehead atoms. The van der Waals surface area contributed by atoms with Crippen molar-refractivity contribution in [2.45, 2.75) is 26.2 Å². The van der Waals surface area contributed by atoms with Gasteiger partial charge in [-0.15, -0.1) is 0 Å². The van der Waals surface area contributed by atoms with E-state index in [1.54, 1.807) is 6.92 Å². The number of benzene rings is 5. The Labute approximate surface area is 262 Å². The molecule has 5 aromatic rings. The lowest BCUT2D eigenvalue weighted by atomic mass is 9.82. The third kappa shape index (κ3) is 4.44. The molecule has 1 aliphatic rings. The van der Waals surface area contributed by atoms with Crippen LogP contribution >= 0.6 is 0 Å².